The highest BCUT2D eigenvalue weighted by molar-refractivity contribution is 6.10. The molecule has 0 fully saturated rings. The van der Waals surface area contributed by atoms with Gasteiger partial charge < -0.3 is 20.1 Å². The third-order valence-corrected chi connectivity index (χ3v) is 4.63. The van der Waals surface area contributed by atoms with Crippen LogP contribution in [-0.4, -0.2) is 26.0 Å². The summed E-state index contributed by atoms with van der Waals surface area (Å²) in [6.07, 6.45) is 1.47. The lowest BCUT2D eigenvalue weighted by Crippen LogP contribution is -2.30. The summed E-state index contributed by atoms with van der Waals surface area (Å²) >= 11 is 0. The summed E-state index contributed by atoms with van der Waals surface area (Å²) in [6.45, 7) is 1.94. The van der Waals surface area contributed by atoms with Gasteiger partial charge in [-0.2, -0.15) is 0 Å². The second-order valence-electron chi connectivity index (χ2n) is 6.95. The molecule has 2 amide bonds. The number of anilines is 1. The molecule has 0 radical (unpaired) electrons. The quantitative estimate of drug-likeness (QED) is 0.535. The van der Waals surface area contributed by atoms with E-state index in [1.165, 1.54) is 50.6 Å². The first kappa shape index (κ1) is 22.6. The summed E-state index contributed by atoms with van der Waals surface area (Å²) in [5, 5.41) is 5.39. The van der Waals surface area contributed by atoms with E-state index in [0.29, 0.717) is 22.7 Å². The van der Waals surface area contributed by atoms with Crippen molar-refractivity contribution >= 4 is 23.6 Å². The van der Waals surface area contributed by atoms with Crippen molar-refractivity contribution in [3.63, 3.8) is 0 Å². The summed E-state index contributed by atoms with van der Waals surface area (Å²) in [5.74, 6) is -0.580. The molecule has 0 saturated carbocycles. The van der Waals surface area contributed by atoms with E-state index in [-0.39, 0.29) is 11.3 Å². The second kappa shape index (κ2) is 10.3. The number of amides is 2. The number of hydrogen-bond donors (Lipinski definition) is 2. The minimum Gasteiger partial charge on any atom is -0.493 e. The normalized spacial score (nSPS) is 10.9. The van der Waals surface area contributed by atoms with Gasteiger partial charge in [0.2, 0.25) is 0 Å². The maximum absolute atomic E-state index is 13.3. The Morgan fingerprint density at radius 2 is 1.53 bits per heavy atom. The molecule has 2 N–H and O–H groups in total. The number of carbonyl (C=O) groups excluding carboxylic acids is 2. The van der Waals surface area contributed by atoms with Crippen LogP contribution in [0.1, 0.15) is 21.5 Å². The van der Waals surface area contributed by atoms with E-state index >= 15 is 0 Å². The van der Waals surface area contributed by atoms with Gasteiger partial charge in [0.25, 0.3) is 11.8 Å². The molecule has 0 aliphatic rings. The van der Waals surface area contributed by atoms with Gasteiger partial charge in [-0.1, -0.05) is 29.8 Å². The van der Waals surface area contributed by atoms with E-state index in [0.717, 1.165) is 5.56 Å². The van der Waals surface area contributed by atoms with Crippen LogP contribution in [0, 0.1) is 12.7 Å². The zero-order chi connectivity index (χ0) is 23.1. The molecule has 0 bridgehead atoms. The van der Waals surface area contributed by atoms with Crippen LogP contribution in [0.2, 0.25) is 0 Å². The Labute approximate surface area is 185 Å². The van der Waals surface area contributed by atoms with Gasteiger partial charge in [-0.15, -0.1) is 0 Å². The number of ether oxygens (including phenoxy) is 2. The Bertz CT molecular complexity index is 1140. The fourth-order valence-electron chi connectivity index (χ4n) is 2.89. The van der Waals surface area contributed by atoms with Gasteiger partial charge in [0.15, 0.2) is 11.5 Å². The van der Waals surface area contributed by atoms with E-state index in [9.17, 15) is 14.0 Å². The fraction of sp³-hybridized carbons (Fsp3) is 0.120. The molecular formula is C25H23FN2O4. The standard InChI is InChI=1S/C25H23FN2O4/c1-16-4-11-20(12-5-16)27-25(30)21(14-17-6-9-19(26)10-7-17)28-24(29)18-8-13-22(31-2)23(15-18)32-3/h4-15H,1-3H3,(H,27,30)(H,28,29)/b21-14+. The Morgan fingerprint density at radius 3 is 2.16 bits per heavy atom. The van der Waals surface area contributed by atoms with Gasteiger partial charge in [-0.25, -0.2) is 4.39 Å². The summed E-state index contributed by atoms with van der Waals surface area (Å²) in [5.41, 5.74) is 2.44. The number of rotatable bonds is 7. The molecule has 0 aliphatic heterocycles. The van der Waals surface area contributed by atoms with Crippen molar-refractivity contribution in [1.29, 1.82) is 0 Å². The molecule has 0 saturated heterocycles. The van der Waals surface area contributed by atoms with Crippen molar-refractivity contribution in [3.8, 4) is 11.5 Å². The highest BCUT2D eigenvalue weighted by atomic mass is 19.1. The third kappa shape index (κ3) is 5.72. The molecule has 0 spiro atoms. The molecule has 7 heteroatoms. The van der Waals surface area contributed by atoms with Crippen molar-refractivity contribution in [2.45, 2.75) is 6.92 Å². The van der Waals surface area contributed by atoms with Crippen molar-refractivity contribution in [2.24, 2.45) is 0 Å². The SMILES string of the molecule is COc1ccc(C(=O)N/C(=C/c2ccc(F)cc2)C(=O)Nc2ccc(C)cc2)cc1OC. The Balaban J connectivity index is 1.89. The molecule has 0 atom stereocenters. The summed E-state index contributed by atoms with van der Waals surface area (Å²) in [6, 6.07) is 17.5. The molecule has 3 rings (SSSR count). The molecule has 164 valence electrons. The van der Waals surface area contributed by atoms with Crippen LogP contribution in [0.4, 0.5) is 10.1 Å². The monoisotopic (exact) mass is 434 g/mol. The lowest BCUT2D eigenvalue weighted by molar-refractivity contribution is -0.113. The summed E-state index contributed by atoms with van der Waals surface area (Å²) in [7, 11) is 2.96. The third-order valence-electron chi connectivity index (χ3n) is 4.63. The minimum atomic E-state index is -0.521. The van der Waals surface area contributed by atoms with Crippen LogP contribution >= 0.6 is 0 Å². The maximum atomic E-state index is 13.3. The molecule has 0 heterocycles. The van der Waals surface area contributed by atoms with Gasteiger partial charge >= 0.3 is 0 Å². The zero-order valence-corrected chi connectivity index (χ0v) is 17.9. The largest absolute Gasteiger partial charge is 0.493 e. The van der Waals surface area contributed by atoms with Gasteiger partial charge in [0, 0.05) is 11.3 Å². The van der Waals surface area contributed by atoms with Crippen molar-refractivity contribution in [3.05, 3.63) is 94.9 Å². The first-order valence-corrected chi connectivity index (χ1v) is 9.78. The molecule has 32 heavy (non-hydrogen) atoms. The molecule has 0 aromatic heterocycles. The van der Waals surface area contributed by atoms with Crippen LogP contribution in [-0.2, 0) is 4.79 Å². The number of carbonyl (C=O) groups is 2. The lowest BCUT2D eigenvalue weighted by atomic mass is 10.1. The second-order valence-corrected chi connectivity index (χ2v) is 6.95. The van der Waals surface area contributed by atoms with E-state index < -0.39 is 17.6 Å². The highest BCUT2D eigenvalue weighted by Gasteiger charge is 2.17. The zero-order valence-electron chi connectivity index (χ0n) is 17.9. The molecule has 0 unspecified atom stereocenters. The van der Waals surface area contributed by atoms with Gasteiger partial charge in [0.05, 0.1) is 14.2 Å². The number of hydrogen-bond acceptors (Lipinski definition) is 4. The lowest BCUT2D eigenvalue weighted by Gasteiger charge is -2.13. The maximum Gasteiger partial charge on any atom is 0.272 e. The van der Waals surface area contributed by atoms with E-state index in [2.05, 4.69) is 10.6 Å². The summed E-state index contributed by atoms with van der Waals surface area (Å²) < 4.78 is 23.7. The molecular weight excluding hydrogens is 411 g/mol. The Kier molecular flexibility index (Phi) is 7.23. The topological polar surface area (TPSA) is 76.7 Å². The smallest absolute Gasteiger partial charge is 0.272 e. The predicted molar refractivity (Wildman–Crippen MR) is 121 cm³/mol. The van der Waals surface area contributed by atoms with Gasteiger partial charge in [-0.3, -0.25) is 9.59 Å². The average molecular weight is 434 g/mol. The fourth-order valence-corrected chi connectivity index (χ4v) is 2.89. The van der Waals surface area contributed by atoms with Crippen molar-refractivity contribution in [1.82, 2.24) is 5.32 Å². The Morgan fingerprint density at radius 1 is 0.875 bits per heavy atom. The number of aryl methyl sites for hydroxylation is 1. The van der Waals surface area contributed by atoms with E-state index in [1.54, 1.807) is 24.3 Å². The van der Waals surface area contributed by atoms with Crippen LogP contribution < -0.4 is 20.1 Å². The number of benzene rings is 3. The molecule has 3 aromatic rings. The molecule has 3 aromatic carbocycles. The van der Waals surface area contributed by atoms with E-state index in [4.69, 9.17) is 9.47 Å². The van der Waals surface area contributed by atoms with Crippen molar-refractivity contribution < 1.29 is 23.5 Å². The number of nitrogens with one attached hydrogen (secondary N) is 2. The van der Waals surface area contributed by atoms with E-state index in [1.807, 2.05) is 19.1 Å². The highest BCUT2D eigenvalue weighted by Crippen LogP contribution is 2.27. The number of methoxy groups -OCH3 is 2. The average Bonchev–Trinajstić information content (AvgIpc) is 2.80. The molecule has 0 aliphatic carbocycles. The van der Waals surface area contributed by atoms with Crippen LogP contribution in [0.25, 0.3) is 6.08 Å². The summed E-state index contributed by atoms with van der Waals surface area (Å²) in [4.78, 5) is 25.8. The minimum absolute atomic E-state index is 0.00281. The van der Waals surface area contributed by atoms with Crippen molar-refractivity contribution in [2.75, 3.05) is 19.5 Å². The predicted octanol–water partition coefficient (Wildman–Crippen LogP) is 4.56. The van der Waals surface area contributed by atoms with Crippen LogP contribution in [0.3, 0.4) is 0 Å². The van der Waals surface area contributed by atoms with Gasteiger partial charge in [0.1, 0.15) is 11.5 Å². The van der Waals surface area contributed by atoms with Gasteiger partial charge in [-0.05, 0) is 61.0 Å². The Hall–Kier alpha value is -4.13. The number of halogens is 1. The molecule has 6 nitrogen and oxygen atoms in total. The van der Waals surface area contributed by atoms with Crippen LogP contribution in [0.5, 0.6) is 11.5 Å². The van der Waals surface area contributed by atoms with Crippen LogP contribution in [0.15, 0.2) is 72.4 Å². The first-order valence-electron chi connectivity index (χ1n) is 9.78. The first-order chi connectivity index (χ1) is 15.4.